The van der Waals surface area contributed by atoms with Crippen molar-refractivity contribution in [1.29, 1.82) is 0 Å². The lowest BCUT2D eigenvalue weighted by Crippen LogP contribution is -2.55. The van der Waals surface area contributed by atoms with Gasteiger partial charge in [-0.15, -0.1) is 11.8 Å². The number of thioether (sulfide) groups is 1. The first kappa shape index (κ1) is 22.8. The number of carbonyl (C=O) groups is 4. The lowest BCUT2D eigenvalue weighted by Gasteiger charge is -2.29. The van der Waals surface area contributed by atoms with Crippen molar-refractivity contribution >= 4 is 41.1 Å². The van der Waals surface area contributed by atoms with E-state index in [1.165, 1.54) is 21.6 Å². The van der Waals surface area contributed by atoms with E-state index in [0.717, 1.165) is 10.5 Å². The van der Waals surface area contributed by atoms with Crippen molar-refractivity contribution in [1.82, 2.24) is 15.5 Å². The molecule has 0 aliphatic carbocycles. The first-order valence-corrected chi connectivity index (χ1v) is 11.6. The number of nitrogens with zero attached hydrogens (tertiary/aromatic N) is 2. The fourth-order valence-corrected chi connectivity index (χ4v) is 5.29. The van der Waals surface area contributed by atoms with Gasteiger partial charge in [0.2, 0.25) is 17.7 Å². The van der Waals surface area contributed by atoms with Gasteiger partial charge in [0.1, 0.15) is 18.6 Å². The molecule has 0 bridgehead atoms. The average Bonchev–Trinajstić information content (AvgIpc) is 3.22. The maximum Gasteiger partial charge on any atom is 0.251 e. The fourth-order valence-electron chi connectivity index (χ4n) is 3.95. The Labute approximate surface area is 196 Å². The van der Waals surface area contributed by atoms with E-state index in [0.29, 0.717) is 12.1 Å². The summed E-state index contributed by atoms with van der Waals surface area (Å²) in [6, 6.07) is 15.4. The second-order valence-corrected chi connectivity index (χ2v) is 9.46. The van der Waals surface area contributed by atoms with Gasteiger partial charge >= 0.3 is 0 Å². The molecule has 2 N–H and O–H groups in total. The molecule has 2 aromatic rings. The topological polar surface area (TPSA) is 98.8 Å². The van der Waals surface area contributed by atoms with Gasteiger partial charge in [-0.1, -0.05) is 42.5 Å². The molecule has 4 rings (SSSR count). The van der Waals surface area contributed by atoms with Crippen molar-refractivity contribution in [2.45, 2.75) is 35.1 Å². The van der Waals surface area contributed by atoms with Crippen LogP contribution in [0.25, 0.3) is 0 Å². The van der Waals surface area contributed by atoms with Gasteiger partial charge in [0, 0.05) is 25.4 Å². The van der Waals surface area contributed by atoms with Crippen molar-refractivity contribution < 1.29 is 19.2 Å². The van der Waals surface area contributed by atoms with E-state index in [-0.39, 0.29) is 30.7 Å². The summed E-state index contributed by atoms with van der Waals surface area (Å²) in [4.78, 5) is 54.9. The van der Waals surface area contributed by atoms with Gasteiger partial charge in [-0.05, 0) is 24.1 Å². The third-order valence-electron chi connectivity index (χ3n) is 5.77. The molecule has 0 unspecified atom stereocenters. The highest BCUT2D eigenvalue weighted by Crippen LogP contribution is 2.45. The molecule has 9 heteroatoms. The smallest absolute Gasteiger partial charge is 0.251 e. The molecular weight excluding hydrogens is 440 g/mol. The highest BCUT2D eigenvalue weighted by Gasteiger charge is 2.41. The van der Waals surface area contributed by atoms with E-state index in [1.54, 1.807) is 14.1 Å². The predicted octanol–water partition coefficient (Wildman–Crippen LogP) is 1.72. The Morgan fingerprint density at radius 3 is 2.45 bits per heavy atom. The van der Waals surface area contributed by atoms with Crippen LogP contribution in [0.15, 0.2) is 59.5 Å². The molecule has 3 atom stereocenters. The third-order valence-corrected chi connectivity index (χ3v) is 7.17. The van der Waals surface area contributed by atoms with Crippen LogP contribution in [0.3, 0.4) is 0 Å². The number of rotatable bonds is 5. The Morgan fingerprint density at radius 2 is 1.79 bits per heavy atom. The molecule has 1 fully saturated rings. The van der Waals surface area contributed by atoms with E-state index in [4.69, 9.17) is 0 Å². The number of nitrogens with one attached hydrogen (secondary N) is 2. The first-order chi connectivity index (χ1) is 15.8. The van der Waals surface area contributed by atoms with Crippen LogP contribution in [0, 0.1) is 0 Å². The molecule has 33 heavy (non-hydrogen) atoms. The lowest BCUT2D eigenvalue weighted by atomic mass is 10.0. The molecule has 172 valence electrons. The van der Waals surface area contributed by atoms with E-state index >= 15 is 0 Å². The van der Waals surface area contributed by atoms with E-state index in [9.17, 15) is 19.2 Å². The SMILES string of the molecule is CN(C)C(=O)CN1C(=O)[C@@H](NC(=O)[C@@H]2CCC(=O)N2)[C@@H](c2ccccc2)Sc2ccccc21. The summed E-state index contributed by atoms with van der Waals surface area (Å²) in [5.74, 6) is -1.17. The van der Waals surface area contributed by atoms with Gasteiger partial charge in [-0.3, -0.25) is 19.2 Å². The summed E-state index contributed by atoms with van der Waals surface area (Å²) >= 11 is 1.48. The first-order valence-electron chi connectivity index (χ1n) is 10.8. The van der Waals surface area contributed by atoms with E-state index < -0.39 is 23.2 Å². The van der Waals surface area contributed by atoms with Crippen molar-refractivity contribution in [3.05, 3.63) is 60.2 Å². The molecule has 2 aromatic carbocycles. The minimum atomic E-state index is -0.926. The number of para-hydroxylation sites is 1. The van der Waals surface area contributed by atoms with Gasteiger partial charge in [0.05, 0.1) is 10.9 Å². The number of hydrogen-bond acceptors (Lipinski definition) is 5. The van der Waals surface area contributed by atoms with Crippen molar-refractivity contribution in [3.63, 3.8) is 0 Å². The number of amides is 4. The van der Waals surface area contributed by atoms with Crippen molar-refractivity contribution in [2.24, 2.45) is 0 Å². The highest BCUT2D eigenvalue weighted by atomic mass is 32.2. The zero-order valence-electron chi connectivity index (χ0n) is 18.5. The molecule has 4 amide bonds. The Bertz CT molecular complexity index is 1080. The van der Waals surface area contributed by atoms with Gasteiger partial charge in [-0.25, -0.2) is 0 Å². The normalized spacial score (nSPS) is 22.2. The fraction of sp³-hybridized carbons (Fsp3) is 0.333. The molecule has 2 aliphatic heterocycles. The number of benzene rings is 2. The molecule has 0 saturated carbocycles. The zero-order valence-corrected chi connectivity index (χ0v) is 19.3. The summed E-state index contributed by atoms with van der Waals surface area (Å²) in [7, 11) is 3.28. The quantitative estimate of drug-likeness (QED) is 0.699. The van der Waals surface area contributed by atoms with Crippen LogP contribution in [-0.4, -0.2) is 61.3 Å². The summed E-state index contributed by atoms with van der Waals surface area (Å²) in [5.41, 5.74) is 1.52. The van der Waals surface area contributed by atoms with E-state index in [1.807, 2.05) is 54.6 Å². The lowest BCUT2D eigenvalue weighted by molar-refractivity contribution is -0.131. The maximum absolute atomic E-state index is 13.9. The number of carbonyl (C=O) groups excluding carboxylic acids is 4. The zero-order chi connectivity index (χ0) is 23.5. The largest absolute Gasteiger partial charge is 0.347 e. The average molecular weight is 467 g/mol. The van der Waals surface area contributed by atoms with Gasteiger partial charge in [-0.2, -0.15) is 0 Å². The number of likely N-dealkylation sites (N-methyl/N-ethyl adjacent to an activating group) is 1. The standard InChI is InChI=1S/C24H26N4O4S/c1-27(2)20(30)14-28-17-10-6-7-11-18(17)33-22(15-8-4-3-5-9-15)21(24(28)32)26-23(31)16-12-13-19(29)25-16/h3-11,16,21-22H,12-14H2,1-2H3,(H,25,29)(H,26,31)/t16-,21-,22+/m0/s1. The second kappa shape index (κ2) is 9.66. The van der Waals surface area contributed by atoms with Crippen molar-refractivity contribution in [2.75, 3.05) is 25.5 Å². The van der Waals surface area contributed by atoms with Crippen LogP contribution in [0.4, 0.5) is 5.69 Å². The molecule has 2 aliphatic rings. The van der Waals surface area contributed by atoms with Crippen LogP contribution in [-0.2, 0) is 19.2 Å². The molecule has 0 radical (unpaired) electrons. The van der Waals surface area contributed by atoms with Crippen LogP contribution >= 0.6 is 11.8 Å². The summed E-state index contributed by atoms with van der Waals surface area (Å²) in [5, 5.41) is 5.14. The molecule has 0 spiro atoms. The van der Waals surface area contributed by atoms with Crippen LogP contribution in [0.1, 0.15) is 23.7 Å². The molecular formula is C24H26N4O4S. The number of fused-ring (bicyclic) bond motifs is 1. The summed E-state index contributed by atoms with van der Waals surface area (Å²) in [6.45, 7) is -0.141. The van der Waals surface area contributed by atoms with E-state index in [2.05, 4.69) is 10.6 Å². The Balaban J connectivity index is 1.74. The number of hydrogen-bond donors (Lipinski definition) is 2. The Hall–Kier alpha value is -3.33. The van der Waals surface area contributed by atoms with Crippen LogP contribution in [0.5, 0.6) is 0 Å². The van der Waals surface area contributed by atoms with Crippen LogP contribution < -0.4 is 15.5 Å². The number of anilines is 1. The summed E-state index contributed by atoms with van der Waals surface area (Å²) < 4.78 is 0. The highest BCUT2D eigenvalue weighted by molar-refractivity contribution is 7.99. The maximum atomic E-state index is 13.9. The molecule has 8 nitrogen and oxygen atoms in total. The van der Waals surface area contributed by atoms with Gasteiger partial charge in [0.25, 0.3) is 5.91 Å². The summed E-state index contributed by atoms with van der Waals surface area (Å²) in [6.07, 6.45) is 0.667. The molecule has 2 heterocycles. The predicted molar refractivity (Wildman–Crippen MR) is 126 cm³/mol. The Kier molecular flexibility index (Phi) is 6.69. The van der Waals surface area contributed by atoms with Crippen LogP contribution in [0.2, 0.25) is 0 Å². The monoisotopic (exact) mass is 466 g/mol. The third kappa shape index (κ3) is 4.88. The van der Waals surface area contributed by atoms with Crippen molar-refractivity contribution in [3.8, 4) is 0 Å². The Morgan fingerprint density at radius 1 is 1.09 bits per heavy atom. The minimum Gasteiger partial charge on any atom is -0.347 e. The van der Waals surface area contributed by atoms with Gasteiger partial charge < -0.3 is 20.4 Å². The second-order valence-electron chi connectivity index (χ2n) is 8.27. The van der Waals surface area contributed by atoms with Gasteiger partial charge in [0.15, 0.2) is 0 Å². The minimum absolute atomic E-state index is 0.141. The molecule has 0 aromatic heterocycles. The molecule has 1 saturated heterocycles.